The van der Waals surface area contributed by atoms with Crippen molar-refractivity contribution in [2.75, 3.05) is 0 Å². The minimum absolute atomic E-state index is 0.325. The summed E-state index contributed by atoms with van der Waals surface area (Å²) in [6, 6.07) is 5.52. The number of pyridine rings is 1. The van der Waals surface area contributed by atoms with Crippen LogP contribution in [0.5, 0.6) is 5.75 Å². The van der Waals surface area contributed by atoms with Gasteiger partial charge in [0, 0.05) is 0 Å². The summed E-state index contributed by atoms with van der Waals surface area (Å²) in [5.74, 6) is 1.61. The van der Waals surface area contributed by atoms with E-state index in [2.05, 4.69) is 11.9 Å². The molecule has 0 atom stereocenters. The van der Waals surface area contributed by atoms with E-state index >= 15 is 0 Å². The molecule has 1 aromatic heterocycles. The number of aromatic nitrogens is 1. The molecule has 0 saturated heterocycles. The Morgan fingerprint density at radius 3 is 2.62 bits per heavy atom. The molecule has 0 bridgehead atoms. The Kier molecular flexibility index (Phi) is 3.40. The van der Waals surface area contributed by atoms with E-state index in [1.165, 1.54) is 12.8 Å². The van der Waals surface area contributed by atoms with Gasteiger partial charge in [0.05, 0.1) is 12.3 Å². The van der Waals surface area contributed by atoms with Crippen LogP contribution in [0.15, 0.2) is 18.3 Å². The third-order valence-electron chi connectivity index (χ3n) is 3.12. The fourth-order valence-corrected chi connectivity index (χ4v) is 2.06. The van der Waals surface area contributed by atoms with Crippen molar-refractivity contribution in [1.82, 2.24) is 4.98 Å². The number of nitrogens with zero attached hydrogens (tertiary/aromatic N) is 2. The predicted molar refractivity (Wildman–Crippen MR) is 61.0 cm³/mol. The molecule has 0 spiro atoms. The summed E-state index contributed by atoms with van der Waals surface area (Å²) >= 11 is 0. The lowest BCUT2D eigenvalue weighted by atomic mass is 9.89. The van der Waals surface area contributed by atoms with Gasteiger partial charge >= 0.3 is 0 Å². The second-order valence-electron chi connectivity index (χ2n) is 4.49. The summed E-state index contributed by atoms with van der Waals surface area (Å²) in [5.41, 5.74) is 0.435. The summed E-state index contributed by atoms with van der Waals surface area (Å²) in [4.78, 5) is 3.99. The van der Waals surface area contributed by atoms with Gasteiger partial charge in [0.15, 0.2) is 0 Å². The zero-order valence-electron chi connectivity index (χ0n) is 9.52. The van der Waals surface area contributed by atoms with Crippen LogP contribution in [-0.2, 0) is 0 Å². The number of hydrogen-bond donors (Lipinski definition) is 0. The van der Waals surface area contributed by atoms with Gasteiger partial charge in [0.25, 0.3) is 0 Å². The molecule has 0 N–H and O–H groups in total. The summed E-state index contributed by atoms with van der Waals surface area (Å²) in [5, 5.41) is 8.63. The van der Waals surface area contributed by atoms with E-state index in [9.17, 15) is 0 Å². The maximum absolute atomic E-state index is 8.63. The molecule has 16 heavy (non-hydrogen) atoms. The molecule has 3 heteroatoms. The van der Waals surface area contributed by atoms with Gasteiger partial charge in [-0.3, -0.25) is 0 Å². The minimum atomic E-state index is 0.325. The lowest BCUT2D eigenvalue weighted by molar-refractivity contribution is 0.135. The summed E-state index contributed by atoms with van der Waals surface area (Å²) in [6.45, 7) is 2.29. The normalized spacial score (nSPS) is 24.8. The third-order valence-corrected chi connectivity index (χ3v) is 3.12. The number of ether oxygens (including phenoxy) is 1. The van der Waals surface area contributed by atoms with Crippen molar-refractivity contribution in [3.8, 4) is 11.8 Å². The molecule has 0 radical (unpaired) electrons. The Morgan fingerprint density at radius 1 is 1.31 bits per heavy atom. The van der Waals surface area contributed by atoms with Gasteiger partial charge in [-0.1, -0.05) is 6.92 Å². The Bertz CT molecular complexity index is 372. The monoisotopic (exact) mass is 216 g/mol. The van der Waals surface area contributed by atoms with E-state index in [4.69, 9.17) is 10.00 Å². The number of rotatable bonds is 2. The standard InChI is InChI=1S/C13H16N2O/c1-10-2-5-12(6-3-10)16-13-7-4-11(8-14)15-9-13/h4,7,9-10,12H,2-3,5-6H2,1H3. The van der Waals surface area contributed by atoms with Crippen molar-refractivity contribution in [2.24, 2.45) is 5.92 Å². The molecular formula is C13H16N2O. The summed E-state index contributed by atoms with van der Waals surface area (Å²) in [7, 11) is 0. The molecule has 1 heterocycles. The Balaban J connectivity index is 1.91. The van der Waals surface area contributed by atoms with E-state index in [1.807, 2.05) is 12.1 Å². The van der Waals surface area contributed by atoms with Crippen molar-refractivity contribution >= 4 is 0 Å². The lowest BCUT2D eigenvalue weighted by Gasteiger charge is -2.26. The third kappa shape index (κ3) is 2.73. The first kappa shape index (κ1) is 10.9. The average Bonchev–Trinajstić information content (AvgIpc) is 2.33. The lowest BCUT2D eigenvalue weighted by Crippen LogP contribution is -2.23. The maximum atomic E-state index is 8.63. The van der Waals surface area contributed by atoms with Crippen LogP contribution in [0.1, 0.15) is 38.3 Å². The molecule has 3 nitrogen and oxygen atoms in total. The van der Waals surface area contributed by atoms with Gasteiger partial charge in [-0.25, -0.2) is 4.98 Å². The highest BCUT2D eigenvalue weighted by atomic mass is 16.5. The average molecular weight is 216 g/mol. The first-order valence-corrected chi connectivity index (χ1v) is 5.80. The topological polar surface area (TPSA) is 45.9 Å². The van der Waals surface area contributed by atoms with Crippen molar-refractivity contribution in [2.45, 2.75) is 38.7 Å². The SMILES string of the molecule is CC1CCC(Oc2ccc(C#N)nc2)CC1. The highest BCUT2D eigenvalue weighted by Crippen LogP contribution is 2.26. The van der Waals surface area contributed by atoms with E-state index in [0.717, 1.165) is 24.5 Å². The zero-order chi connectivity index (χ0) is 11.4. The van der Waals surface area contributed by atoms with Gasteiger partial charge in [0.1, 0.15) is 17.5 Å². The van der Waals surface area contributed by atoms with Crippen LogP contribution < -0.4 is 4.74 Å². The number of hydrogen-bond acceptors (Lipinski definition) is 3. The van der Waals surface area contributed by atoms with Crippen LogP contribution in [0.4, 0.5) is 0 Å². The van der Waals surface area contributed by atoms with Gasteiger partial charge in [0.2, 0.25) is 0 Å². The molecule has 0 aliphatic heterocycles. The van der Waals surface area contributed by atoms with Crippen LogP contribution >= 0.6 is 0 Å². The van der Waals surface area contributed by atoms with Gasteiger partial charge in [-0.15, -0.1) is 0 Å². The van der Waals surface area contributed by atoms with Crippen LogP contribution in [-0.4, -0.2) is 11.1 Å². The fraction of sp³-hybridized carbons (Fsp3) is 0.538. The van der Waals surface area contributed by atoms with Crippen LogP contribution in [0.3, 0.4) is 0 Å². The maximum Gasteiger partial charge on any atom is 0.140 e. The van der Waals surface area contributed by atoms with Gasteiger partial charge in [-0.2, -0.15) is 5.26 Å². The molecule has 1 saturated carbocycles. The summed E-state index contributed by atoms with van der Waals surface area (Å²) in [6.07, 6.45) is 6.70. The first-order valence-electron chi connectivity index (χ1n) is 5.80. The van der Waals surface area contributed by atoms with Crippen LogP contribution in [0, 0.1) is 17.2 Å². The molecule has 0 aromatic carbocycles. The quantitative estimate of drug-likeness (QED) is 0.763. The zero-order valence-corrected chi connectivity index (χ0v) is 9.52. The molecule has 1 aliphatic carbocycles. The Labute approximate surface area is 96.1 Å². The van der Waals surface area contributed by atoms with Crippen molar-refractivity contribution in [3.63, 3.8) is 0 Å². The Hall–Kier alpha value is -1.56. The largest absolute Gasteiger partial charge is 0.489 e. The molecule has 0 amide bonds. The molecule has 1 fully saturated rings. The van der Waals surface area contributed by atoms with E-state index in [1.54, 1.807) is 12.3 Å². The highest BCUT2D eigenvalue weighted by molar-refractivity contribution is 5.26. The van der Waals surface area contributed by atoms with Crippen molar-refractivity contribution in [3.05, 3.63) is 24.0 Å². The molecule has 84 valence electrons. The van der Waals surface area contributed by atoms with E-state index in [0.29, 0.717) is 11.8 Å². The second-order valence-corrected chi connectivity index (χ2v) is 4.49. The molecule has 0 unspecified atom stereocenters. The second kappa shape index (κ2) is 4.98. The number of nitriles is 1. The highest BCUT2D eigenvalue weighted by Gasteiger charge is 2.19. The molecule has 2 rings (SSSR count). The van der Waals surface area contributed by atoms with E-state index in [-0.39, 0.29) is 0 Å². The first-order chi connectivity index (χ1) is 7.78. The smallest absolute Gasteiger partial charge is 0.140 e. The van der Waals surface area contributed by atoms with Crippen molar-refractivity contribution in [1.29, 1.82) is 5.26 Å². The van der Waals surface area contributed by atoms with Crippen LogP contribution in [0.25, 0.3) is 0 Å². The molecule has 1 aromatic rings. The van der Waals surface area contributed by atoms with Crippen molar-refractivity contribution < 1.29 is 4.74 Å². The molecule has 1 aliphatic rings. The van der Waals surface area contributed by atoms with Gasteiger partial charge in [-0.05, 0) is 43.7 Å². The molecular weight excluding hydrogens is 200 g/mol. The van der Waals surface area contributed by atoms with Crippen LogP contribution in [0.2, 0.25) is 0 Å². The summed E-state index contributed by atoms with van der Waals surface area (Å²) < 4.78 is 5.83. The van der Waals surface area contributed by atoms with E-state index < -0.39 is 0 Å². The van der Waals surface area contributed by atoms with Gasteiger partial charge < -0.3 is 4.74 Å². The Morgan fingerprint density at radius 2 is 2.06 bits per heavy atom. The minimum Gasteiger partial charge on any atom is -0.489 e. The predicted octanol–water partition coefficient (Wildman–Crippen LogP) is 2.91. The fourth-order valence-electron chi connectivity index (χ4n) is 2.06.